The van der Waals surface area contributed by atoms with E-state index in [0.717, 1.165) is 5.56 Å². The fourth-order valence-electron chi connectivity index (χ4n) is 2.04. The molecule has 2 N–H and O–H groups in total. The molecule has 1 aromatic heterocycles. The number of aromatic nitrogens is 2. The largest absolute Gasteiger partial charge is 0.481 e. The maximum absolute atomic E-state index is 11.9. The number of aryl methyl sites for hydroxylation is 1. The number of amides is 1. The van der Waals surface area contributed by atoms with Crippen LogP contribution >= 0.6 is 0 Å². The quantitative estimate of drug-likeness (QED) is 0.817. The summed E-state index contributed by atoms with van der Waals surface area (Å²) in [5.41, 5.74) is 1.35. The van der Waals surface area contributed by atoms with Crippen LogP contribution in [0.3, 0.4) is 0 Å². The van der Waals surface area contributed by atoms with Crippen LogP contribution in [-0.2, 0) is 22.7 Å². The summed E-state index contributed by atoms with van der Waals surface area (Å²) in [7, 11) is 0. The summed E-state index contributed by atoms with van der Waals surface area (Å²) >= 11 is 0. The number of carbonyl (C=O) groups is 2. The first-order chi connectivity index (χ1) is 11.1. The zero-order valence-electron chi connectivity index (χ0n) is 12.8. The molecular formula is C16H19N3O4. The Kier molecular flexibility index (Phi) is 5.74. The molecule has 1 atom stereocenters. The smallest absolute Gasteiger partial charge is 0.408 e. The number of nitrogens with zero attached hydrogens (tertiary/aromatic N) is 2. The summed E-state index contributed by atoms with van der Waals surface area (Å²) in [6.45, 7) is 2.78. The van der Waals surface area contributed by atoms with Gasteiger partial charge in [-0.1, -0.05) is 30.3 Å². The second kappa shape index (κ2) is 7.98. The fraction of sp³-hybridized carbons (Fsp3) is 0.312. The normalized spacial score (nSPS) is 11.7. The predicted molar refractivity (Wildman–Crippen MR) is 82.7 cm³/mol. The molecule has 0 spiro atoms. The lowest BCUT2D eigenvalue weighted by atomic mass is 10.1. The molecule has 1 aromatic carbocycles. The van der Waals surface area contributed by atoms with Crippen LogP contribution in [0.15, 0.2) is 42.9 Å². The van der Waals surface area contributed by atoms with E-state index in [2.05, 4.69) is 10.3 Å². The van der Waals surface area contributed by atoms with Crippen molar-refractivity contribution in [2.75, 3.05) is 0 Å². The zero-order valence-corrected chi connectivity index (χ0v) is 12.8. The van der Waals surface area contributed by atoms with E-state index in [-0.39, 0.29) is 13.0 Å². The van der Waals surface area contributed by atoms with Crippen LogP contribution in [0.1, 0.15) is 30.6 Å². The Morgan fingerprint density at radius 1 is 1.35 bits per heavy atom. The molecule has 0 radical (unpaired) electrons. The summed E-state index contributed by atoms with van der Waals surface area (Å²) in [6, 6.07) is 8.51. The topological polar surface area (TPSA) is 93.5 Å². The lowest BCUT2D eigenvalue weighted by Crippen LogP contribution is -2.31. The van der Waals surface area contributed by atoms with Gasteiger partial charge in [-0.2, -0.15) is 0 Å². The Morgan fingerprint density at radius 3 is 2.70 bits per heavy atom. The van der Waals surface area contributed by atoms with Gasteiger partial charge in [0.1, 0.15) is 6.61 Å². The maximum Gasteiger partial charge on any atom is 0.408 e. The van der Waals surface area contributed by atoms with E-state index < -0.39 is 18.1 Å². The number of carboxylic acids is 1. The molecule has 0 aliphatic rings. The minimum atomic E-state index is -1.02. The first-order valence-electron chi connectivity index (χ1n) is 7.29. The minimum Gasteiger partial charge on any atom is -0.481 e. The summed E-state index contributed by atoms with van der Waals surface area (Å²) in [5.74, 6) is -1.02. The van der Waals surface area contributed by atoms with Crippen molar-refractivity contribution < 1.29 is 19.4 Å². The van der Waals surface area contributed by atoms with Crippen molar-refractivity contribution in [1.29, 1.82) is 0 Å². The standard InChI is InChI=1S/C16H19N3O4/c1-2-19-9-14(17-11-19)13(8-15(20)21)18-16(22)23-10-12-6-4-3-5-7-12/h3-7,9,11,13H,2,8,10H2,1H3,(H,18,22)(H,20,21). The molecule has 122 valence electrons. The van der Waals surface area contributed by atoms with Gasteiger partial charge in [0.15, 0.2) is 0 Å². The Labute approximate surface area is 133 Å². The lowest BCUT2D eigenvalue weighted by molar-refractivity contribution is -0.137. The van der Waals surface area contributed by atoms with Gasteiger partial charge >= 0.3 is 12.1 Å². The van der Waals surface area contributed by atoms with Crippen LogP contribution in [0.4, 0.5) is 4.79 Å². The number of ether oxygens (including phenoxy) is 1. The molecule has 1 unspecified atom stereocenters. The summed E-state index contributed by atoms with van der Waals surface area (Å²) in [6.07, 6.45) is 2.37. The van der Waals surface area contributed by atoms with E-state index in [4.69, 9.17) is 9.84 Å². The maximum atomic E-state index is 11.9. The molecule has 7 heteroatoms. The lowest BCUT2D eigenvalue weighted by Gasteiger charge is -2.15. The molecule has 1 amide bonds. The average molecular weight is 317 g/mol. The first kappa shape index (κ1) is 16.5. The van der Waals surface area contributed by atoms with E-state index in [1.54, 1.807) is 17.1 Å². The van der Waals surface area contributed by atoms with Crippen molar-refractivity contribution in [2.45, 2.75) is 32.5 Å². The van der Waals surface area contributed by atoms with Gasteiger partial charge in [-0.3, -0.25) is 4.79 Å². The van der Waals surface area contributed by atoms with Crippen LogP contribution in [0.25, 0.3) is 0 Å². The molecule has 0 aliphatic carbocycles. The highest BCUT2D eigenvalue weighted by atomic mass is 16.5. The number of benzene rings is 1. The Bertz CT molecular complexity index is 654. The van der Waals surface area contributed by atoms with Gasteiger partial charge in [0.25, 0.3) is 0 Å². The van der Waals surface area contributed by atoms with Gasteiger partial charge in [-0.05, 0) is 12.5 Å². The highest BCUT2D eigenvalue weighted by Crippen LogP contribution is 2.15. The molecule has 2 rings (SSSR count). The van der Waals surface area contributed by atoms with Gasteiger partial charge in [0.05, 0.1) is 24.5 Å². The van der Waals surface area contributed by atoms with Crippen molar-refractivity contribution in [3.8, 4) is 0 Å². The van der Waals surface area contributed by atoms with E-state index in [0.29, 0.717) is 12.2 Å². The van der Waals surface area contributed by atoms with Crippen LogP contribution in [-0.4, -0.2) is 26.7 Å². The molecule has 0 saturated carbocycles. The van der Waals surface area contributed by atoms with Gasteiger partial charge < -0.3 is 19.7 Å². The molecular weight excluding hydrogens is 298 g/mol. The molecule has 0 saturated heterocycles. The zero-order chi connectivity index (χ0) is 16.7. The second-order valence-corrected chi connectivity index (χ2v) is 4.99. The van der Waals surface area contributed by atoms with Gasteiger partial charge in [-0.25, -0.2) is 9.78 Å². The number of carbonyl (C=O) groups excluding carboxylic acids is 1. The fourth-order valence-corrected chi connectivity index (χ4v) is 2.04. The third-order valence-electron chi connectivity index (χ3n) is 3.26. The molecule has 2 aromatic rings. The average Bonchev–Trinajstić information content (AvgIpc) is 3.02. The van der Waals surface area contributed by atoms with Crippen molar-refractivity contribution >= 4 is 12.1 Å². The number of nitrogens with one attached hydrogen (secondary N) is 1. The van der Waals surface area contributed by atoms with E-state index in [1.807, 2.05) is 37.3 Å². The van der Waals surface area contributed by atoms with Crippen LogP contribution in [0, 0.1) is 0 Å². The van der Waals surface area contributed by atoms with Gasteiger partial charge in [0.2, 0.25) is 0 Å². The Balaban J connectivity index is 1.96. The molecule has 0 aliphatic heterocycles. The van der Waals surface area contributed by atoms with E-state index in [1.165, 1.54) is 0 Å². The number of rotatable bonds is 7. The number of carboxylic acid groups (broad SMARTS) is 1. The summed E-state index contributed by atoms with van der Waals surface area (Å²) in [5, 5.41) is 11.6. The number of aliphatic carboxylic acids is 1. The second-order valence-electron chi connectivity index (χ2n) is 4.99. The molecule has 0 bridgehead atoms. The van der Waals surface area contributed by atoms with Crippen molar-refractivity contribution in [3.05, 3.63) is 54.1 Å². The number of alkyl carbamates (subject to hydrolysis) is 1. The minimum absolute atomic E-state index is 0.121. The molecule has 23 heavy (non-hydrogen) atoms. The predicted octanol–water partition coefficient (Wildman–Crippen LogP) is 2.35. The Morgan fingerprint density at radius 2 is 2.09 bits per heavy atom. The monoisotopic (exact) mass is 317 g/mol. The summed E-state index contributed by atoms with van der Waals surface area (Å²) in [4.78, 5) is 27.0. The van der Waals surface area contributed by atoms with Crippen molar-refractivity contribution in [3.63, 3.8) is 0 Å². The van der Waals surface area contributed by atoms with Gasteiger partial charge in [-0.15, -0.1) is 0 Å². The van der Waals surface area contributed by atoms with E-state index in [9.17, 15) is 9.59 Å². The third kappa shape index (κ3) is 5.14. The molecule has 7 nitrogen and oxygen atoms in total. The first-order valence-corrected chi connectivity index (χ1v) is 7.29. The SMILES string of the molecule is CCn1cnc(C(CC(=O)O)NC(=O)OCc2ccccc2)c1. The Hall–Kier alpha value is -2.83. The van der Waals surface area contributed by atoms with Crippen molar-refractivity contribution in [1.82, 2.24) is 14.9 Å². The number of hydrogen-bond acceptors (Lipinski definition) is 4. The van der Waals surface area contributed by atoms with Gasteiger partial charge in [0, 0.05) is 12.7 Å². The van der Waals surface area contributed by atoms with Crippen LogP contribution in [0.2, 0.25) is 0 Å². The highest BCUT2D eigenvalue weighted by molar-refractivity contribution is 5.71. The number of imidazole rings is 1. The molecule has 0 fully saturated rings. The molecule has 1 heterocycles. The van der Waals surface area contributed by atoms with E-state index >= 15 is 0 Å². The van der Waals surface area contributed by atoms with Crippen LogP contribution in [0.5, 0.6) is 0 Å². The third-order valence-corrected chi connectivity index (χ3v) is 3.26. The van der Waals surface area contributed by atoms with Crippen molar-refractivity contribution in [2.24, 2.45) is 0 Å². The van der Waals surface area contributed by atoms with Crippen LogP contribution < -0.4 is 5.32 Å². The highest BCUT2D eigenvalue weighted by Gasteiger charge is 2.21. The summed E-state index contributed by atoms with van der Waals surface area (Å²) < 4.78 is 6.92. The number of hydrogen-bond donors (Lipinski definition) is 2.